The van der Waals surface area contributed by atoms with Crippen LogP contribution in [0.5, 0.6) is 0 Å². The average molecular weight is 441 g/mol. The maximum atomic E-state index is 6.05. The van der Waals surface area contributed by atoms with Gasteiger partial charge in [-0.15, -0.1) is 0 Å². The van der Waals surface area contributed by atoms with Gasteiger partial charge in [-0.1, -0.05) is 67.0 Å². The summed E-state index contributed by atoms with van der Waals surface area (Å²) in [5.41, 5.74) is 4.45. The summed E-state index contributed by atoms with van der Waals surface area (Å²) in [5, 5.41) is 0. The lowest BCUT2D eigenvalue weighted by Crippen LogP contribution is -2.65. The number of fused-ring (bicyclic) bond motifs is 7. The van der Waals surface area contributed by atoms with Crippen molar-refractivity contribution in [1.29, 1.82) is 0 Å². The van der Waals surface area contributed by atoms with Crippen LogP contribution in [0, 0.1) is 50.2 Å². The first-order valence-corrected chi connectivity index (χ1v) is 14.0. The minimum absolute atomic E-state index is 0.294. The molecule has 1 heteroatoms. The van der Waals surface area contributed by atoms with Gasteiger partial charge in [0.2, 0.25) is 0 Å². The van der Waals surface area contributed by atoms with Gasteiger partial charge in [0.05, 0.1) is 6.10 Å². The predicted octanol–water partition coefficient (Wildman–Crippen LogP) is 8.82. The maximum Gasteiger partial charge on any atom is 0.0625 e. The first kappa shape index (κ1) is 23.4. The van der Waals surface area contributed by atoms with E-state index >= 15 is 0 Å². The van der Waals surface area contributed by atoms with Gasteiger partial charge in [0, 0.05) is 7.11 Å². The molecule has 0 aliphatic heterocycles. The van der Waals surface area contributed by atoms with Crippen LogP contribution >= 0.6 is 0 Å². The van der Waals surface area contributed by atoms with Crippen LogP contribution in [0.3, 0.4) is 0 Å². The van der Waals surface area contributed by atoms with Crippen LogP contribution in [0.1, 0.15) is 120 Å². The van der Waals surface area contributed by atoms with Gasteiger partial charge in [-0.2, -0.15) is 0 Å². The first-order valence-electron chi connectivity index (χ1n) is 14.0. The Labute approximate surface area is 199 Å². The van der Waals surface area contributed by atoms with Crippen molar-refractivity contribution in [2.45, 2.75) is 126 Å². The van der Waals surface area contributed by atoms with E-state index in [1.165, 1.54) is 64.2 Å². The van der Waals surface area contributed by atoms with Crippen molar-refractivity contribution in [3.05, 3.63) is 11.6 Å². The molecule has 0 amide bonds. The molecule has 0 bridgehead atoms. The van der Waals surface area contributed by atoms with E-state index in [2.05, 4.69) is 61.5 Å². The molecule has 0 saturated heterocycles. The lowest BCUT2D eigenvalue weighted by atomic mass is 9.32. The fraction of sp³-hybridized carbons (Fsp3) is 0.935. The maximum absolute atomic E-state index is 6.05. The second-order valence-electron chi connectivity index (χ2n) is 15.3. The summed E-state index contributed by atoms with van der Waals surface area (Å²) in [7, 11) is 1.95. The summed E-state index contributed by atoms with van der Waals surface area (Å²) in [6.07, 6.45) is 17.2. The Kier molecular flexibility index (Phi) is 5.05. The minimum Gasteiger partial charge on any atom is -0.381 e. The summed E-state index contributed by atoms with van der Waals surface area (Å²) >= 11 is 0. The molecule has 0 N–H and O–H groups in total. The molecule has 5 rings (SSSR count). The quantitative estimate of drug-likeness (QED) is 0.370. The van der Waals surface area contributed by atoms with Crippen LogP contribution in [-0.2, 0) is 4.74 Å². The summed E-state index contributed by atoms with van der Waals surface area (Å²) in [4.78, 5) is 0. The van der Waals surface area contributed by atoms with Crippen molar-refractivity contribution < 1.29 is 4.74 Å². The molecule has 5 aliphatic rings. The van der Waals surface area contributed by atoms with Crippen LogP contribution in [0.2, 0.25) is 0 Å². The van der Waals surface area contributed by atoms with E-state index in [0.717, 1.165) is 17.8 Å². The van der Waals surface area contributed by atoms with Gasteiger partial charge in [-0.05, 0) is 114 Å². The number of rotatable bonds is 1. The highest BCUT2D eigenvalue weighted by molar-refractivity contribution is 5.31. The van der Waals surface area contributed by atoms with Crippen molar-refractivity contribution in [3.63, 3.8) is 0 Å². The van der Waals surface area contributed by atoms with E-state index < -0.39 is 0 Å². The third-order valence-corrected chi connectivity index (χ3v) is 13.2. The fourth-order valence-corrected chi connectivity index (χ4v) is 11.0. The molecule has 4 fully saturated rings. The number of hydrogen-bond donors (Lipinski definition) is 0. The molecule has 0 aromatic heterocycles. The highest BCUT2D eigenvalue weighted by Gasteiger charge is 2.68. The molecule has 8 atom stereocenters. The normalized spacial score (nSPS) is 53.8. The van der Waals surface area contributed by atoms with Crippen LogP contribution in [-0.4, -0.2) is 13.2 Å². The average Bonchev–Trinajstić information content (AvgIpc) is 2.69. The minimum atomic E-state index is 0.294. The van der Waals surface area contributed by atoms with E-state index in [1.807, 2.05) is 12.7 Å². The molecule has 0 aromatic carbocycles. The fourth-order valence-electron chi connectivity index (χ4n) is 11.0. The zero-order valence-corrected chi connectivity index (χ0v) is 22.9. The molecular weight excluding hydrogens is 388 g/mol. The van der Waals surface area contributed by atoms with Crippen molar-refractivity contribution >= 4 is 0 Å². The highest BCUT2D eigenvalue weighted by atomic mass is 16.5. The van der Waals surface area contributed by atoms with Gasteiger partial charge < -0.3 is 4.74 Å². The Bertz CT molecular complexity index is 805. The molecule has 0 aromatic rings. The highest BCUT2D eigenvalue weighted by Crippen LogP contribution is 2.76. The van der Waals surface area contributed by atoms with E-state index in [0.29, 0.717) is 38.6 Å². The molecule has 5 aliphatic carbocycles. The van der Waals surface area contributed by atoms with E-state index in [-0.39, 0.29) is 0 Å². The van der Waals surface area contributed by atoms with Crippen LogP contribution in [0.4, 0.5) is 0 Å². The van der Waals surface area contributed by atoms with Crippen molar-refractivity contribution in [1.82, 2.24) is 0 Å². The topological polar surface area (TPSA) is 9.23 Å². The van der Waals surface area contributed by atoms with Crippen molar-refractivity contribution in [3.8, 4) is 0 Å². The van der Waals surface area contributed by atoms with E-state index in [9.17, 15) is 0 Å². The Morgan fingerprint density at radius 3 is 2.06 bits per heavy atom. The second kappa shape index (κ2) is 6.89. The zero-order chi connectivity index (χ0) is 23.4. The number of hydrogen-bond acceptors (Lipinski definition) is 1. The summed E-state index contributed by atoms with van der Waals surface area (Å²) in [5.74, 6) is 2.48. The molecule has 0 spiro atoms. The molecule has 3 unspecified atom stereocenters. The third-order valence-electron chi connectivity index (χ3n) is 13.2. The van der Waals surface area contributed by atoms with Crippen LogP contribution in [0.15, 0.2) is 11.6 Å². The third kappa shape index (κ3) is 2.85. The van der Waals surface area contributed by atoms with Crippen LogP contribution in [0.25, 0.3) is 0 Å². The lowest BCUT2D eigenvalue weighted by Gasteiger charge is -2.72. The standard InChI is InChI=1S/C31H52O/c1-26(2)16-17-28(5)18-19-30(7)21(22(28)20-26)10-11-24-29(6)14-13-25(32-9)27(3,4)23(29)12-15-31(24,30)8/h20-21,23-25H,10-19H2,1-9H3/t21-,23?,24?,25+,28-,29+,30?,31-/m1/s1. The molecule has 1 nitrogen and oxygen atoms in total. The predicted molar refractivity (Wildman–Crippen MR) is 136 cm³/mol. The largest absolute Gasteiger partial charge is 0.381 e. The molecule has 182 valence electrons. The SMILES string of the molecule is CO[C@H]1CC[C@@]2(C)C(CC[C@]3(C)C2CC[C@@H]2C4=CC(C)(C)CC[C@]4(C)CCC23C)C1(C)C. The first-order chi connectivity index (χ1) is 14.7. The van der Waals surface area contributed by atoms with Gasteiger partial charge in [-0.25, -0.2) is 0 Å². The van der Waals surface area contributed by atoms with Crippen LogP contribution < -0.4 is 0 Å². The van der Waals surface area contributed by atoms with E-state index in [4.69, 9.17) is 4.74 Å². The van der Waals surface area contributed by atoms with Gasteiger partial charge in [-0.3, -0.25) is 0 Å². The number of ether oxygens (including phenoxy) is 1. The molecule has 0 radical (unpaired) electrons. The van der Waals surface area contributed by atoms with Crippen molar-refractivity contribution in [2.24, 2.45) is 50.2 Å². The van der Waals surface area contributed by atoms with Gasteiger partial charge in [0.25, 0.3) is 0 Å². The van der Waals surface area contributed by atoms with Gasteiger partial charge in [0.15, 0.2) is 0 Å². The Balaban J connectivity index is 1.55. The Morgan fingerprint density at radius 1 is 0.688 bits per heavy atom. The van der Waals surface area contributed by atoms with Crippen molar-refractivity contribution in [2.75, 3.05) is 7.11 Å². The Morgan fingerprint density at radius 2 is 1.38 bits per heavy atom. The molecule has 32 heavy (non-hydrogen) atoms. The molecule has 0 heterocycles. The smallest absolute Gasteiger partial charge is 0.0625 e. The monoisotopic (exact) mass is 440 g/mol. The summed E-state index contributed by atoms with van der Waals surface area (Å²) in [6, 6.07) is 0. The number of allylic oxidation sites excluding steroid dienone is 2. The zero-order valence-electron chi connectivity index (χ0n) is 22.9. The second-order valence-corrected chi connectivity index (χ2v) is 15.3. The number of methoxy groups -OCH3 is 1. The summed E-state index contributed by atoms with van der Waals surface area (Å²) in [6.45, 7) is 20.9. The van der Waals surface area contributed by atoms with E-state index in [1.54, 1.807) is 0 Å². The van der Waals surface area contributed by atoms with Gasteiger partial charge >= 0.3 is 0 Å². The Hall–Kier alpha value is -0.300. The van der Waals surface area contributed by atoms with Gasteiger partial charge in [0.1, 0.15) is 0 Å². The molecule has 4 saturated carbocycles. The molecular formula is C31H52O. The summed E-state index contributed by atoms with van der Waals surface area (Å²) < 4.78 is 6.05. The lowest BCUT2D eigenvalue weighted by molar-refractivity contribution is -0.231.